The van der Waals surface area contributed by atoms with Crippen molar-refractivity contribution < 1.29 is 9.47 Å². The first kappa shape index (κ1) is 11.4. The van der Waals surface area contributed by atoms with Crippen LogP contribution in [0.15, 0.2) is 24.3 Å². The minimum atomic E-state index is -0.0290. The highest BCUT2D eigenvalue weighted by Crippen LogP contribution is 2.18. The van der Waals surface area contributed by atoms with Gasteiger partial charge in [0.15, 0.2) is 0 Å². The highest BCUT2D eigenvalue weighted by Gasteiger charge is 2.14. The van der Waals surface area contributed by atoms with Crippen molar-refractivity contribution in [2.75, 3.05) is 26.7 Å². The molecule has 2 rings (SSSR count). The molecule has 1 unspecified atom stereocenters. The molecular formula is C12H17N2O2. The lowest BCUT2D eigenvalue weighted by Gasteiger charge is -2.23. The van der Waals surface area contributed by atoms with Crippen LogP contribution in [0.25, 0.3) is 0 Å². The molecule has 16 heavy (non-hydrogen) atoms. The first-order chi connectivity index (χ1) is 7.90. The number of hydrogen-bond acceptors (Lipinski definition) is 3. The molecule has 0 aromatic heterocycles. The molecular weight excluding hydrogens is 204 g/mol. The summed E-state index contributed by atoms with van der Waals surface area (Å²) < 4.78 is 11.0. The van der Waals surface area contributed by atoms with E-state index in [0.717, 1.165) is 30.9 Å². The van der Waals surface area contributed by atoms with E-state index in [-0.39, 0.29) is 6.23 Å². The van der Waals surface area contributed by atoms with Crippen LogP contribution in [0, 0.1) is 0 Å². The Morgan fingerprint density at radius 2 is 2.31 bits per heavy atom. The molecule has 1 saturated heterocycles. The molecule has 0 spiro atoms. The first-order valence-electron chi connectivity index (χ1n) is 5.51. The van der Waals surface area contributed by atoms with Crippen molar-refractivity contribution in [1.82, 2.24) is 10.6 Å². The Bertz CT molecular complexity index is 325. The molecule has 1 N–H and O–H groups in total. The standard InChI is InChI=1S/C12H17N2O2/c1-15-11-5-3-2-4-10(11)9-16-12-8-13-6-7-14-12/h2-5,12-13H,6-9H2,1H3. The molecule has 4 nitrogen and oxygen atoms in total. The summed E-state index contributed by atoms with van der Waals surface area (Å²) in [7, 11) is 1.67. The van der Waals surface area contributed by atoms with Gasteiger partial charge in [-0.05, 0) is 6.07 Å². The average Bonchev–Trinajstić information content (AvgIpc) is 2.38. The van der Waals surface area contributed by atoms with Crippen LogP contribution in [0.3, 0.4) is 0 Å². The van der Waals surface area contributed by atoms with Gasteiger partial charge < -0.3 is 14.8 Å². The zero-order valence-electron chi connectivity index (χ0n) is 9.48. The number of piperazine rings is 1. The fourth-order valence-corrected chi connectivity index (χ4v) is 1.70. The summed E-state index contributed by atoms with van der Waals surface area (Å²) in [5.41, 5.74) is 1.06. The van der Waals surface area contributed by atoms with Gasteiger partial charge in [-0.3, -0.25) is 0 Å². The fraction of sp³-hybridized carbons (Fsp3) is 0.500. The largest absolute Gasteiger partial charge is 0.496 e. The SMILES string of the molecule is COc1ccccc1COC1CNCC[N]1. The highest BCUT2D eigenvalue weighted by molar-refractivity contribution is 5.32. The van der Waals surface area contributed by atoms with Crippen molar-refractivity contribution in [3.63, 3.8) is 0 Å². The summed E-state index contributed by atoms with van der Waals surface area (Å²) >= 11 is 0. The Labute approximate surface area is 95.9 Å². The topological polar surface area (TPSA) is 44.6 Å². The molecule has 1 aromatic carbocycles. The smallest absolute Gasteiger partial charge is 0.136 e. The van der Waals surface area contributed by atoms with Crippen LogP contribution in [0.5, 0.6) is 5.75 Å². The van der Waals surface area contributed by atoms with E-state index in [2.05, 4.69) is 10.6 Å². The monoisotopic (exact) mass is 221 g/mol. The molecule has 4 heteroatoms. The Morgan fingerprint density at radius 3 is 3.06 bits per heavy atom. The summed E-state index contributed by atoms with van der Waals surface area (Å²) in [6.07, 6.45) is -0.0290. The number of methoxy groups -OCH3 is 1. The predicted octanol–water partition coefficient (Wildman–Crippen LogP) is 0.745. The number of benzene rings is 1. The van der Waals surface area contributed by atoms with Gasteiger partial charge in [-0.15, -0.1) is 0 Å². The van der Waals surface area contributed by atoms with Crippen LogP contribution >= 0.6 is 0 Å². The van der Waals surface area contributed by atoms with Crippen molar-refractivity contribution >= 4 is 0 Å². The molecule has 1 radical (unpaired) electrons. The van der Waals surface area contributed by atoms with Crippen molar-refractivity contribution in [3.8, 4) is 5.75 Å². The maximum absolute atomic E-state index is 5.70. The van der Waals surface area contributed by atoms with E-state index < -0.39 is 0 Å². The van der Waals surface area contributed by atoms with Crippen molar-refractivity contribution in [3.05, 3.63) is 29.8 Å². The lowest BCUT2D eigenvalue weighted by Crippen LogP contribution is -2.45. The van der Waals surface area contributed by atoms with Gasteiger partial charge in [0.1, 0.15) is 12.0 Å². The average molecular weight is 221 g/mol. The third-order valence-corrected chi connectivity index (χ3v) is 2.56. The summed E-state index contributed by atoms with van der Waals surface area (Å²) in [4.78, 5) is 0. The molecule has 1 heterocycles. The Kier molecular flexibility index (Phi) is 4.16. The number of nitrogens with one attached hydrogen (secondary N) is 1. The van der Waals surface area contributed by atoms with E-state index in [4.69, 9.17) is 9.47 Å². The molecule has 1 atom stereocenters. The van der Waals surface area contributed by atoms with Crippen molar-refractivity contribution in [2.45, 2.75) is 12.8 Å². The summed E-state index contributed by atoms with van der Waals surface area (Å²) in [6, 6.07) is 7.89. The number of para-hydroxylation sites is 1. The highest BCUT2D eigenvalue weighted by atomic mass is 16.5. The molecule has 0 amide bonds. The number of rotatable bonds is 4. The van der Waals surface area contributed by atoms with E-state index in [1.807, 2.05) is 24.3 Å². The van der Waals surface area contributed by atoms with Gasteiger partial charge >= 0.3 is 0 Å². The second-order valence-corrected chi connectivity index (χ2v) is 3.69. The molecule has 1 fully saturated rings. The molecule has 1 aromatic rings. The van der Waals surface area contributed by atoms with Crippen LogP contribution < -0.4 is 15.4 Å². The minimum absolute atomic E-state index is 0.0290. The predicted molar refractivity (Wildman–Crippen MR) is 61.4 cm³/mol. The molecule has 0 aliphatic carbocycles. The normalized spacial score (nSPS) is 20.7. The lowest BCUT2D eigenvalue weighted by atomic mass is 10.2. The maximum atomic E-state index is 5.70. The van der Waals surface area contributed by atoms with Crippen molar-refractivity contribution in [2.24, 2.45) is 0 Å². The molecule has 0 bridgehead atoms. The second kappa shape index (κ2) is 5.84. The summed E-state index contributed by atoms with van der Waals surface area (Å²) in [6.45, 7) is 3.13. The van der Waals surface area contributed by atoms with E-state index in [0.29, 0.717) is 6.61 Å². The lowest BCUT2D eigenvalue weighted by molar-refractivity contribution is 0.00623. The zero-order valence-corrected chi connectivity index (χ0v) is 9.48. The van der Waals surface area contributed by atoms with Gasteiger partial charge in [0.2, 0.25) is 0 Å². The second-order valence-electron chi connectivity index (χ2n) is 3.69. The Morgan fingerprint density at radius 1 is 1.44 bits per heavy atom. The molecule has 87 valence electrons. The van der Waals surface area contributed by atoms with Gasteiger partial charge in [0, 0.05) is 25.2 Å². The van der Waals surface area contributed by atoms with Crippen LogP contribution in [-0.4, -0.2) is 33.0 Å². The molecule has 0 saturated carbocycles. The quantitative estimate of drug-likeness (QED) is 0.816. The van der Waals surface area contributed by atoms with Crippen molar-refractivity contribution in [1.29, 1.82) is 0 Å². The van der Waals surface area contributed by atoms with Crippen LogP contribution in [0.1, 0.15) is 5.56 Å². The van der Waals surface area contributed by atoms with Crippen LogP contribution in [0.2, 0.25) is 0 Å². The number of ether oxygens (including phenoxy) is 2. The van der Waals surface area contributed by atoms with E-state index in [1.165, 1.54) is 0 Å². The summed E-state index contributed by atoms with van der Waals surface area (Å²) in [5.74, 6) is 0.867. The Balaban J connectivity index is 1.88. The third-order valence-electron chi connectivity index (χ3n) is 2.56. The van der Waals surface area contributed by atoms with Gasteiger partial charge in [-0.1, -0.05) is 18.2 Å². The first-order valence-corrected chi connectivity index (χ1v) is 5.51. The maximum Gasteiger partial charge on any atom is 0.136 e. The van der Waals surface area contributed by atoms with Gasteiger partial charge in [-0.2, -0.15) is 0 Å². The third kappa shape index (κ3) is 2.95. The van der Waals surface area contributed by atoms with Gasteiger partial charge in [0.25, 0.3) is 0 Å². The number of hydrogen-bond donors (Lipinski definition) is 1. The fourth-order valence-electron chi connectivity index (χ4n) is 1.70. The molecule has 1 aliphatic rings. The van der Waals surface area contributed by atoms with E-state index >= 15 is 0 Å². The van der Waals surface area contributed by atoms with E-state index in [1.54, 1.807) is 7.11 Å². The minimum Gasteiger partial charge on any atom is -0.496 e. The van der Waals surface area contributed by atoms with E-state index in [9.17, 15) is 0 Å². The van der Waals surface area contributed by atoms with Crippen LogP contribution in [0.4, 0.5) is 0 Å². The summed E-state index contributed by atoms with van der Waals surface area (Å²) in [5, 5.41) is 7.62. The van der Waals surface area contributed by atoms with Gasteiger partial charge in [0.05, 0.1) is 13.7 Å². The van der Waals surface area contributed by atoms with Crippen LogP contribution in [-0.2, 0) is 11.3 Å². The molecule has 1 aliphatic heterocycles. The number of nitrogens with zero attached hydrogens (tertiary/aromatic N) is 1. The van der Waals surface area contributed by atoms with Gasteiger partial charge in [-0.25, -0.2) is 5.32 Å². The Hall–Kier alpha value is -1.10. The zero-order chi connectivity index (χ0) is 11.2.